The van der Waals surface area contributed by atoms with E-state index in [2.05, 4.69) is 21.2 Å². The van der Waals surface area contributed by atoms with Gasteiger partial charge in [-0.1, -0.05) is 22.0 Å². The maximum atomic E-state index is 12.0. The minimum atomic E-state index is -0.560. The van der Waals surface area contributed by atoms with Crippen LogP contribution in [0.1, 0.15) is 16.8 Å². The van der Waals surface area contributed by atoms with Crippen molar-refractivity contribution in [3.63, 3.8) is 0 Å². The number of anilines is 1. The van der Waals surface area contributed by atoms with Gasteiger partial charge in [0.25, 0.3) is 5.91 Å². The van der Waals surface area contributed by atoms with Crippen LogP contribution >= 0.6 is 15.9 Å². The summed E-state index contributed by atoms with van der Waals surface area (Å²) in [6, 6.07) is 11.9. The Morgan fingerprint density at radius 3 is 2.68 bits per heavy atom. The molecule has 2 aromatic carbocycles. The molecule has 0 atom stereocenters. The molecular weight excluding hydrogens is 390 g/mol. The molecule has 0 bridgehead atoms. The normalized spacial score (nSPS) is 12.8. The van der Waals surface area contributed by atoms with E-state index in [0.29, 0.717) is 36.0 Å². The maximum Gasteiger partial charge on any atom is 0.338 e. The second-order valence-corrected chi connectivity index (χ2v) is 6.26. The molecule has 6 nitrogen and oxygen atoms in total. The highest BCUT2D eigenvalue weighted by Gasteiger charge is 2.13. The Hall–Kier alpha value is -2.54. The molecule has 0 aromatic heterocycles. The third-order valence-electron chi connectivity index (χ3n) is 3.43. The van der Waals surface area contributed by atoms with Gasteiger partial charge in [-0.2, -0.15) is 0 Å². The Kier molecular flexibility index (Phi) is 5.55. The highest BCUT2D eigenvalue weighted by Crippen LogP contribution is 2.32. The smallest absolute Gasteiger partial charge is 0.338 e. The van der Waals surface area contributed by atoms with Crippen LogP contribution in [0.15, 0.2) is 46.9 Å². The predicted octanol–water partition coefficient (Wildman–Crippen LogP) is 3.41. The number of benzene rings is 2. The van der Waals surface area contributed by atoms with E-state index in [4.69, 9.17) is 14.2 Å². The van der Waals surface area contributed by atoms with Gasteiger partial charge >= 0.3 is 5.97 Å². The molecular formula is C18H16BrNO5. The van der Waals surface area contributed by atoms with Crippen molar-refractivity contribution in [3.05, 3.63) is 52.5 Å². The molecule has 0 aliphatic carbocycles. The van der Waals surface area contributed by atoms with Crippen molar-refractivity contribution in [2.75, 3.05) is 25.1 Å². The van der Waals surface area contributed by atoms with Crippen molar-refractivity contribution in [1.82, 2.24) is 0 Å². The van der Waals surface area contributed by atoms with Gasteiger partial charge in [-0.25, -0.2) is 4.79 Å². The van der Waals surface area contributed by atoms with Crippen molar-refractivity contribution in [1.29, 1.82) is 0 Å². The van der Waals surface area contributed by atoms with Gasteiger partial charge in [0.15, 0.2) is 18.1 Å². The van der Waals surface area contributed by atoms with Crippen LogP contribution in [0.4, 0.5) is 5.69 Å². The van der Waals surface area contributed by atoms with Crippen LogP contribution in [0.2, 0.25) is 0 Å². The summed E-state index contributed by atoms with van der Waals surface area (Å²) in [5.74, 6) is 0.242. The van der Waals surface area contributed by atoms with Crippen molar-refractivity contribution < 1.29 is 23.8 Å². The average molecular weight is 406 g/mol. The van der Waals surface area contributed by atoms with Crippen molar-refractivity contribution >= 4 is 33.5 Å². The summed E-state index contributed by atoms with van der Waals surface area (Å²) in [7, 11) is 0. The van der Waals surface area contributed by atoms with Gasteiger partial charge < -0.3 is 19.5 Å². The van der Waals surface area contributed by atoms with Crippen LogP contribution in [0.25, 0.3) is 0 Å². The lowest BCUT2D eigenvalue weighted by molar-refractivity contribution is -0.119. The van der Waals surface area contributed by atoms with Gasteiger partial charge in [-0.3, -0.25) is 4.79 Å². The molecule has 1 aliphatic rings. The second kappa shape index (κ2) is 8.02. The zero-order valence-corrected chi connectivity index (χ0v) is 14.9. The molecule has 0 unspecified atom stereocenters. The van der Waals surface area contributed by atoms with E-state index in [1.54, 1.807) is 42.5 Å². The zero-order chi connectivity index (χ0) is 17.6. The van der Waals surface area contributed by atoms with Crippen LogP contribution in [0, 0.1) is 0 Å². The summed E-state index contributed by atoms with van der Waals surface area (Å²) in [4.78, 5) is 23.9. The number of ether oxygens (including phenoxy) is 3. The first kappa shape index (κ1) is 17.3. The number of amides is 1. The molecule has 7 heteroatoms. The van der Waals surface area contributed by atoms with Crippen LogP contribution < -0.4 is 14.8 Å². The van der Waals surface area contributed by atoms with E-state index in [-0.39, 0.29) is 6.61 Å². The molecule has 25 heavy (non-hydrogen) atoms. The number of hydrogen-bond acceptors (Lipinski definition) is 5. The second-order valence-electron chi connectivity index (χ2n) is 5.35. The molecule has 0 saturated carbocycles. The molecule has 1 heterocycles. The number of esters is 1. The van der Waals surface area contributed by atoms with Crippen molar-refractivity contribution in [2.24, 2.45) is 0 Å². The first-order chi connectivity index (χ1) is 12.1. The van der Waals surface area contributed by atoms with E-state index >= 15 is 0 Å². The molecule has 0 fully saturated rings. The lowest BCUT2D eigenvalue weighted by Crippen LogP contribution is -2.21. The number of halogens is 1. The lowest BCUT2D eigenvalue weighted by atomic mass is 10.2. The van der Waals surface area contributed by atoms with Gasteiger partial charge in [-0.05, 0) is 30.3 Å². The Morgan fingerprint density at radius 2 is 1.88 bits per heavy atom. The zero-order valence-electron chi connectivity index (χ0n) is 13.3. The number of fused-ring (bicyclic) bond motifs is 1. The quantitative estimate of drug-likeness (QED) is 0.788. The molecule has 0 spiro atoms. The van der Waals surface area contributed by atoms with Crippen LogP contribution in [-0.2, 0) is 9.53 Å². The number of carbonyl (C=O) groups excluding carboxylic acids is 2. The van der Waals surface area contributed by atoms with Crippen molar-refractivity contribution in [2.45, 2.75) is 6.42 Å². The Labute approximate surface area is 153 Å². The topological polar surface area (TPSA) is 73.9 Å². The molecule has 1 amide bonds. The van der Waals surface area contributed by atoms with Crippen LogP contribution in [0.3, 0.4) is 0 Å². The SMILES string of the molecule is O=C(COC(=O)c1cccc(Br)c1)Nc1ccc2c(c1)OCCCO2. The summed E-state index contributed by atoms with van der Waals surface area (Å²) in [5.41, 5.74) is 0.922. The molecule has 1 aliphatic heterocycles. The minimum absolute atomic E-state index is 0.373. The summed E-state index contributed by atoms with van der Waals surface area (Å²) < 4.78 is 16.9. The molecule has 130 valence electrons. The van der Waals surface area contributed by atoms with E-state index in [1.165, 1.54) is 0 Å². The van der Waals surface area contributed by atoms with E-state index in [9.17, 15) is 9.59 Å². The number of nitrogens with one attached hydrogen (secondary N) is 1. The van der Waals surface area contributed by atoms with E-state index in [1.807, 2.05) is 0 Å². The van der Waals surface area contributed by atoms with Gasteiger partial charge in [0, 0.05) is 22.6 Å². The Bertz CT molecular complexity index is 793. The van der Waals surface area contributed by atoms with Gasteiger partial charge in [-0.15, -0.1) is 0 Å². The highest BCUT2D eigenvalue weighted by atomic mass is 79.9. The van der Waals surface area contributed by atoms with Gasteiger partial charge in [0.1, 0.15) is 0 Å². The minimum Gasteiger partial charge on any atom is -0.490 e. The lowest BCUT2D eigenvalue weighted by Gasteiger charge is -2.10. The molecule has 0 radical (unpaired) electrons. The summed E-state index contributed by atoms with van der Waals surface area (Å²) in [6.45, 7) is 0.790. The third kappa shape index (κ3) is 4.73. The molecule has 2 aromatic rings. The average Bonchev–Trinajstić information content (AvgIpc) is 2.84. The summed E-state index contributed by atoms with van der Waals surface area (Å²) in [5, 5.41) is 2.67. The molecule has 1 N–H and O–H groups in total. The van der Waals surface area contributed by atoms with Crippen molar-refractivity contribution in [3.8, 4) is 11.5 Å². The number of hydrogen-bond donors (Lipinski definition) is 1. The van der Waals surface area contributed by atoms with Crippen LogP contribution in [-0.4, -0.2) is 31.7 Å². The monoisotopic (exact) mass is 405 g/mol. The third-order valence-corrected chi connectivity index (χ3v) is 3.92. The Morgan fingerprint density at radius 1 is 1.08 bits per heavy atom. The standard InChI is InChI=1S/C18H16BrNO5/c19-13-4-1-3-12(9-13)18(22)25-11-17(21)20-14-5-6-15-16(10-14)24-8-2-7-23-15/h1,3-6,9-10H,2,7-8,11H2,(H,20,21). The largest absolute Gasteiger partial charge is 0.490 e. The van der Waals surface area contributed by atoms with E-state index < -0.39 is 11.9 Å². The number of rotatable bonds is 4. The fourth-order valence-corrected chi connectivity index (χ4v) is 2.67. The first-order valence-corrected chi connectivity index (χ1v) is 8.53. The fourth-order valence-electron chi connectivity index (χ4n) is 2.27. The summed E-state index contributed by atoms with van der Waals surface area (Å²) in [6.07, 6.45) is 0.807. The highest BCUT2D eigenvalue weighted by molar-refractivity contribution is 9.10. The summed E-state index contributed by atoms with van der Waals surface area (Å²) >= 11 is 3.28. The van der Waals surface area contributed by atoms with E-state index in [0.717, 1.165) is 10.9 Å². The maximum absolute atomic E-state index is 12.0. The molecule has 0 saturated heterocycles. The number of carbonyl (C=O) groups is 2. The molecule has 3 rings (SSSR count). The van der Waals surface area contributed by atoms with Gasteiger partial charge in [0.2, 0.25) is 0 Å². The predicted molar refractivity (Wildman–Crippen MR) is 95.1 cm³/mol. The fraction of sp³-hybridized carbons (Fsp3) is 0.222. The Balaban J connectivity index is 1.56. The first-order valence-electron chi connectivity index (χ1n) is 7.74. The van der Waals surface area contributed by atoms with Gasteiger partial charge in [0.05, 0.1) is 18.8 Å². The van der Waals surface area contributed by atoms with Crippen LogP contribution in [0.5, 0.6) is 11.5 Å².